The lowest BCUT2D eigenvalue weighted by Crippen LogP contribution is -2.27. The first-order valence-corrected chi connectivity index (χ1v) is 4.98. The van der Waals surface area contributed by atoms with Crippen molar-refractivity contribution in [2.75, 3.05) is 7.11 Å². The molecule has 74 valence electrons. The molecule has 0 amide bonds. The summed E-state index contributed by atoms with van der Waals surface area (Å²) in [4.78, 5) is 11.4. The normalized spacial score (nSPS) is 28.1. The van der Waals surface area contributed by atoms with Crippen LogP contribution in [0.3, 0.4) is 0 Å². The summed E-state index contributed by atoms with van der Waals surface area (Å²) in [5.41, 5.74) is 0. The molecule has 2 atom stereocenters. The van der Waals surface area contributed by atoms with Crippen LogP contribution in [0.5, 0.6) is 0 Å². The van der Waals surface area contributed by atoms with Gasteiger partial charge in [0, 0.05) is 0 Å². The summed E-state index contributed by atoms with van der Waals surface area (Å²) in [5.74, 6) is 0.557. The Morgan fingerprint density at radius 2 is 2.23 bits per heavy atom. The molecule has 0 saturated heterocycles. The van der Waals surface area contributed by atoms with Crippen LogP contribution in [-0.2, 0) is 9.53 Å². The van der Waals surface area contributed by atoms with Crippen molar-refractivity contribution >= 4 is 5.97 Å². The number of allylic oxidation sites excluding steroid dienone is 1. The van der Waals surface area contributed by atoms with E-state index in [2.05, 4.69) is 6.58 Å². The number of ether oxygens (including phenoxy) is 1. The summed E-state index contributed by atoms with van der Waals surface area (Å²) >= 11 is 0. The van der Waals surface area contributed by atoms with Crippen LogP contribution in [0.2, 0.25) is 0 Å². The molecule has 1 aliphatic rings. The van der Waals surface area contributed by atoms with Crippen molar-refractivity contribution in [3.8, 4) is 0 Å². The second-order valence-corrected chi connectivity index (χ2v) is 3.70. The van der Waals surface area contributed by atoms with Gasteiger partial charge in [-0.25, -0.2) is 0 Å². The Bertz CT molecular complexity index is 187. The molecule has 0 aromatic heterocycles. The highest BCUT2D eigenvalue weighted by molar-refractivity contribution is 5.72. The molecular weight excluding hydrogens is 164 g/mol. The van der Waals surface area contributed by atoms with Crippen LogP contribution in [-0.4, -0.2) is 13.1 Å². The number of methoxy groups -OCH3 is 1. The minimum Gasteiger partial charge on any atom is -0.469 e. The van der Waals surface area contributed by atoms with Gasteiger partial charge in [-0.1, -0.05) is 18.9 Å². The molecular formula is C11H18O2. The zero-order chi connectivity index (χ0) is 9.68. The number of carbonyl (C=O) groups excluding carboxylic acids is 1. The van der Waals surface area contributed by atoms with Crippen molar-refractivity contribution in [3.63, 3.8) is 0 Å². The third-order valence-electron chi connectivity index (χ3n) is 2.88. The molecule has 0 aromatic carbocycles. The molecule has 0 N–H and O–H groups in total. The summed E-state index contributed by atoms with van der Waals surface area (Å²) in [6.45, 7) is 3.72. The van der Waals surface area contributed by atoms with E-state index in [1.165, 1.54) is 13.5 Å². The largest absolute Gasteiger partial charge is 0.469 e. The standard InChI is InChI=1S/C11H18O2/c1-3-6-9-7-4-5-8-10(9)11(12)13-2/h3,9-10H,1,4-8H2,2H3. The van der Waals surface area contributed by atoms with Crippen LogP contribution in [0, 0.1) is 11.8 Å². The van der Waals surface area contributed by atoms with Crippen LogP contribution in [0.15, 0.2) is 12.7 Å². The molecule has 1 saturated carbocycles. The van der Waals surface area contributed by atoms with Crippen molar-refractivity contribution in [1.29, 1.82) is 0 Å². The highest BCUT2D eigenvalue weighted by Crippen LogP contribution is 2.33. The third-order valence-corrected chi connectivity index (χ3v) is 2.88. The van der Waals surface area contributed by atoms with Crippen LogP contribution in [0.4, 0.5) is 0 Å². The Balaban J connectivity index is 2.55. The number of rotatable bonds is 3. The van der Waals surface area contributed by atoms with Gasteiger partial charge in [-0.15, -0.1) is 6.58 Å². The van der Waals surface area contributed by atoms with Gasteiger partial charge < -0.3 is 4.74 Å². The Morgan fingerprint density at radius 1 is 1.54 bits per heavy atom. The van der Waals surface area contributed by atoms with E-state index in [9.17, 15) is 4.79 Å². The average Bonchev–Trinajstić information content (AvgIpc) is 2.18. The van der Waals surface area contributed by atoms with E-state index in [4.69, 9.17) is 4.74 Å². The molecule has 1 fully saturated rings. The van der Waals surface area contributed by atoms with E-state index in [0.29, 0.717) is 5.92 Å². The lowest BCUT2D eigenvalue weighted by molar-refractivity contribution is -0.148. The first-order chi connectivity index (χ1) is 6.29. The smallest absolute Gasteiger partial charge is 0.308 e. The molecule has 1 aliphatic carbocycles. The van der Waals surface area contributed by atoms with Crippen molar-refractivity contribution in [2.24, 2.45) is 11.8 Å². The first kappa shape index (κ1) is 10.3. The molecule has 1 rings (SSSR count). The number of esters is 1. The number of carbonyl (C=O) groups is 1. The third kappa shape index (κ3) is 2.58. The topological polar surface area (TPSA) is 26.3 Å². The SMILES string of the molecule is C=CCC1CCCCC1C(=O)OC. The van der Waals surface area contributed by atoms with E-state index in [0.717, 1.165) is 25.7 Å². The zero-order valence-corrected chi connectivity index (χ0v) is 8.29. The molecule has 13 heavy (non-hydrogen) atoms. The highest BCUT2D eigenvalue weighted by Gasteiger charge is 2.30. The monoisotopic (exact) mass is 182 g/mol. The Labute approximate surface area is 80.0 Å². The second kappa shape index (κ2) is 5.05. The lowest BCUT2D eigenvalue weighted by atomic mass is 9.77. The molecule has 0 spiro atoms. The predicted molar refractivity (Wildman–Crippen MR) is 52.3 cm³/mol. The zero-order valence-electron chi connectivity index (χ0n) is 8.29. The number of hydrogen-bond acceptors (Lipinski definition) is 2. The van der Waals surface area contributed by atoms with Crippen molar-refractivity contribution in [3.05, 3.63) is 12.7 Å². The van der Waals surface area contributed by atoms with Gasteiger partial charge in [-0.3, -0.25) is 4.79 Å². The highest BCUT2D eigenvalue weighted by atomic mass is 16.5. The molecule has 0 aliphatic heterocycles. The molecule has 0 bridgehead atoms. The van der Waals surface area contributed by atoms with Crippen LogP contribution >= 0.6 is 0 Å². The van der Waals surface area contributed by atoms with E-state index in [1.54, 1.807) is 0 Å². The fourth-order valence-corrected chi connectivity index (χ4v) is 2.17. The van der Waals surface area contributed by atoms with Gasteiger partial charge in [0.05, 0.1) is 13.0 Å². The van der Waals surface area contributed by atoms with E-state index >= 15 is 0 Å². The van der Waals surface area contributed by atoms with Crippen LogP contribution in [0.1, 0.15) is 32.1 Å². The fourth-order valence-electron chi connectivity index (χ4n) is 2.17. The predicted octanol–water partition coefficient (Wildman–Crippen LogP) is 2.54. The lowest BCUT2D eigenvalue weighted by Gasteiger charge is -2.28. The second-order valence-electron chi connectivity index (χ2n) is 3.70. The minimum absolute atomic E-state index is 0.0356. The fraction of sp³-hybridized carbons (Fsp3) is 0.727. The van der Waals surface area contributed by atoms with Crippen LogP contribution < -0.4 is 0 Å². The number of hydrogen-bond donors (Lipinski definition) is 0. The quantitative estimate of drug-likeness (QED) is 0.495. The van der Waals surface area contributed by atoms with E-state index in [1.807, 2.05) is 6.08 Å². The summed E-state index contributed by atoms with van der Waals surface area (Å²) < 4.78 is 4.79. The Morgan fingerprint density at radius 3 is 2.85 bits per heavy atom. The maximum Gasteiger partial charge on any atom is 0.308 e. The summed E-state index contributed by atoms with van der Waals surface area (Å²) in [5, 5.41) is 0. The van der Waals surface area contributed by atoms with Crippen molar-refractivity contribution in [2.45, 2.75) is 32.1 Å². The average molecular weight is 182 g/mol. The van der Waals surface area contributed by atoms with E-state index < -0.39 is 0 Å². The van der Waals surface area contributed by atoms with Crippen LogP contribution in [0.25, 0.3) is 0 Å². The van der Waals surface area contributed by atoms with Gasteiger partial charge in [0.15, 0.2) is 0 Å². The van der Waals surface area contributed by atoms with Crippen molar-refractivity contribution in [1.82, 2.24) is 0 Å². The van der Waals surface area contributed by atoms with Crippen molar-refractivity contribution < 1.29 is 9.53 Å². The molecule has 2 unspecified atom stereocenters. The summed E-state index contributed by atoms with van der Waals surface area (Å²) in [6.07, 6.45) is 7.39. The maximum absolute atomic E-state index is 11.4. The minimum atomic E-state index is -0.0356. The van der Waals surface area contributed by atoms with Gasteiger partial charge in [0.1, 0.15) is 0 Å². The summed E-state index contributed by atoms with van der Waals surface area (Å²) in [7, 11) is 1.47. The molecule has 2 nitrogen and oxygen atoms in total. The van der Waals surface area contributed by atoms with Gasteiger partial charge >= 0.3 is 5.97 Å². The first-order valence-electron chi connectivity index (χ1n) is 4.98. The molecule has 0 heterocycles. The Hall–Kier alpha value is -0.790. The van der Waals surface area contributed by atoms with Gasteiger partial charge in [0.2, 0.25) is 0 Å². The molecule has 2 heteroatoms. The van der Waals surface area contributed by atoms with E-state index in [-0.39, 0.29) is 11.9 Å². The maximum atomic E-state index is 11.4. The summed E-state index contributed by atoms with van der Waals surface area (Å²) in [6, 6.07) is 0. The molecule has 0 radical (unpaired) electrons. The van der Waals surface area contributed by atoms with Gasteiger partial charge in [-0.2, -0.15) is 0 Å². The van der Waals surface area contributed by atoms with Gasteiger partial charge in [0.25, 0.3) is 0 Å². The van der Waals surface area contributed by atoms with Gasteiger partial charge in [-0.05, 0) is 25.2 Å². The molecule has 0 aromatic rings. The Kier molecular flexibility index (Phi) is 4.00.